The second-order valence-electron chi connectivity index (χ2n) is 7.69. The minimum absolute atomic E-state index is 0.206. The Morgan fingerprint density at radius 3 is 2.50 bits per heavy atom. The van der Waals surface area contributed by atoms with Crippen LogP contribution in [-0.4, -0.2) is 30.1 Å². The molecule has 3 atom stereocenters. The van der Waals surface area contributed by atoms with Crippen LogP contribution in [0, 0.1) is 0 Å². The first kappa shape index (κ1) is 18.5. The number of hydrogen-bond donors (Lipinski definition) is 2. The van der Waals surface area contributed by atoms with Gasteiger partial charge in [-0.15, -0.1) is 0 Å². The average molecular weight is 381 g/mol. The molecule has 0 radical (unpaired) electrons. The van der Waals surface area contributed by atoms with Gasteiger partial charge in [0.05, 0.1) is 6.04 Å². The van der Waals surface area contributed by atoms with Crippen LogP contribution >= 0.6 is 0 Å². The van der Waals surface area contributed by atoms with E-state index in [-0.39, 0.29) is 11.7 Å². The molecule has 0 saturated heterocycles. The van der Waals surface area contributed by atoms with Crippen molar-refractivity contribution in [3.63, 3.8) is 0 Å². The summed E-state index contributed by atoms with van der Waals surface area (Å²) in [6.07, 6.45) is -1.21. The van der Waals surface area contributed by atoms with E-state index in [2.05, 4.69) is 19.2 Å². The predicted octanol–water partition coefficient (Wildman–Crippen LogP) is 3.79. The van der Waals surface area contributed by atoms with Crippen LogP contribution in [0.5, 0.6) is 5.75 Å². The number of carbonyl (C=O) groups is 2. The van der Waals surface area contributed by atoms with Gasteiger partial charge in [-0.3, -0.25) is 4.79 Å². The molecule has 2 aromatic rings. The Morgan fingerprint density at radius 1 is 1.14 bits per heavy atom. The molecule has 0 bridgehead atoms. The molecule has 0 aromatic heterocycles. The van der Waals surface area contributed by atoms with Crippen molar-refractivity contribution in [1.29, 1.82) is 0 Å². The summed E-state index contributed by atoms with van der Waals surface area (Å²) >= 11 is 0. The topological polar surface area (TPSA) is 84.9 Å². The number of nitrogens with one attached hydrogen (secondary N) is 1. The van der Waals surface area contributed by atoms with Gasteiger partial charge in [0, 0.05) is 23.8 Å². The van der Waals surface area contributed by atoms with Crippen molar-refractivity contribution in [3.05, 3.63) is 64.7 Å². The van der Waals surface area contributed by atoms with Crippen LogP contribution in [0.1, 0.15) is 53.7 Å². The summed E-state index contributed by atoms with van der Waals surface area (Å²) in [5.41, 5.74) is 1.46. The van der Waals surface area contributed by atoms with Crippen molar-refractivity contribution in [3.8, 4) is 5.75 Å². The maximum atomic E-state index is 13.8. The van der Waals surface area contributed by atoms with E-state index in [1.54, 1.807) is 25.1 Å². The highest BCUT2D eigenvalue weighted by Gasteiger charge is 2.74. The van der Waals surface area contributed by atoms with Gasteiger partial charge < -0.3 is 19.9 Å². The molecule has 6 nitrogen and oxygen atoms in total. The number of carboxylic acid groups (broad SMARTS) is 1. The molecule has 1 aliphatic carbocycles. The number of ketones is 1. The lowest BCUT2D eigenvalue weighted by atomic mass is 9.69. The Bertz CT molecular complexity index is 985. The fraction of sp³-hybridized carbons (Fsp3) is 0.364. The Morgan fingerprint density at radius 2 is 1.86 bits per heavy atom. The van der Waals surface area contributed by atoms with Crippen LogP contribution in [0.15, 0.2) is 42.5 Å². The number of amides is 1. The summed E-state index contributed by atoms with van der Waals surface area (Å²) in [5.74, 6) is -0.806. The van der Waals surface area contributed by atoms with Crippen molar-refractivity contribution in [2.75, 3.05) is 7.11 Å². The molecule has 0 saturated carbocycles. The number of ether oxygens (including phenoxy) is 2. The summed E-state index contributed by atoms with van der Waals surface area (Å²) in [5, 5.41) is 11.9. The highest BCUT2D eigenvalue weighted by atomic mass is 16.7. The molecule has 146 valence electrons. The maximum Gasteiger partial charge on any atom is 0.404 e. The zero-order valence-corrected chi connectivity index (χ0v) is 16.3. The second kappa shape index (κ2) is 6.07. The van der Waals surface area contributed by atoms with Crippen LogP contribution in [0.4, 0.5) is 4.79 Å². The third-order valence-corrected chi connectivity index (χ3v) is 6.03. The summed E-state index contributed by atoms with van der Waals surface area (Å²) in [6.45, 7) is 5.84. The van der Waals surface area contributed by atoms with Gasteiger partial charge >= 0.3 is 6.09 Å². The first-order valence-electron chi connectivity index (χ1n) is 9.32. The molecule has 2 aromatic carbocycles. The predicted molar refractivity (Wildman–Crippen MR) is 103 cm³/mol. The molecule has 2 N–H and O–H groups in total. The molecule has 1 heterocycles. The third kappa shape index (κ3) is 2.06. The van der Waals surface area contributed by atoms with Crippen molar-refractivity contribution in [2.24, 2.45) is 0 Å². The number of hydrogen-bond acceptors (Lipinski definition) is 4. The third-order valence-electron chi connectivity index (χ3n) is 6.03. The SMILES string of the molecule is COC12Oc3cc(C(C)C)ccc3C1(C(C)NC(=O)O)C(=O)c1ccccc12. The lowest BCUT2D eigenvalue weighted by Gasteiger charge is -2.40. The number of benzene rings is 2. The monoisotopic (exact) mass is 381 g/mol. The van der Waals surface area contributed by atoms with Gasteiger partial charge in [0.2, 0.25) is 0 Å². The molecule has 6 heteroatoms. The van der Waals surface area contributed by atoms with E-state index in [0.29, 0.717) is 22.4 Å². The Hall–Kier alpha value is -2.86. The van der Waals surface area contributed by atoms with E-state index in [0.717, 1.165) is 5.56 Å². The van der Waals surface area contributed by atoms with E-state index in [1.165, 1.54) is 7.11 Å². The molecule has 28 heavy (non-hydrogen) atoms. The van der Waals surface area contributed by atoms with Gasteiger partial charge in [-0.2, -0.15) is 0 Å². The molecule has 0 fully saturated rings. The van der Waals surface area contributed by atoms with Gasteiger partial charge in [0.15, 0.2) is 11.2 Å². The lowest BCUT2D eigenvalue weighted by molar-refractivity contribution is -0.193. The van der Waals surface area contributed by atoms with E-state index < -0.39 is 23.3 Å². The smallest absolute Gasteiger partial charge is 0.404 e. The molecule has 1 aliphatic heterocycles. The normalized spacial score (nSPS) is 25.7. The number of methoxy groups -OCH3 is 1. The quantitative estimate of drug-likeness (QED) is 0.842. The lowest BCUT2D eigenvalue weighted by Crippen LogP contribution is -2.61. The van der Waals surface area contributed by atoms with Gasteiger partial charge in [0.1, 0.15) is 5.75 Å². The zero-order valence-electron chi connectivity index (χ0n) is 16.3. The largest absolute Gasteiger partial charge is 0.465 e. The van der Waals surface area contributed by atoms with Crippen molar-refractivity contribution >= 4 is 11.9 Å². The van der Waals surface area contributed by atoms with Crippen molar-refractivity contribution in [2.45, 2.75) is 43.9 Å². The van der Waals surface area contributed by atoms with Gasteiger partial charge in [0.25, 0.3) is 5.79 Å². The number of fused-ring (bicyclic) bond motifs is 5. The van der Waals surface area contributed by atoms with Gasteiger partial charge in [-0.05, 0) is 24.5 Å². The Labute approximate surface area is 163 Å². The Kier molecular flexibility index (Phi) is 4.01. The number of rotatable bonds is 4. The maximum absolute atomic E-state index is 13.8. The molecular weight excluding hydrogens is 358 g/mol. The fourth-order valence-corrected chi connectivity index (χ4v) is 4.76. The number of Topliss-reactive ketones (excluding diaryl/α,β-unsaturated/α-hetero) is 1. The summed E-state index contributed by atoms with van der Waals surface area (Å²) in [7, 11) is 1.49. The molecule has 0 spiro atoms. The molecular formula is C22H23NO5. The van der Waals surface area contributed by atoms with Crippen molar-refractivity contribution < 1.29 is 24.2 Å². The zero-order chi connectivity index (χ0) is 20.3. The first-order chi connectivity index (χ1) is 13.3. The molecule has 3 unspecified atom stereocenters. The van der Waals surface area contributed by atoms with Crippen LogP contribution in [0.3, 0.4) is 0 Å². The fourth-order valence-electron chi connectivity index (χ4n) is 4.76. The summed E-state index contributed by atoms with van der Waals surface area (Å²) in [4.78, 5) is 25.3. The van der Waals surface area contributed by atoms with Crippen LogP contribution in [0.2, 0.25) is 0 Å². The van der Waals surface area contributed by atoms with E-state index in [9.17, 15) is 14.7 Å². The van der Waals surface area contributed by atoms with E-state index >= 15 is 0 Å². The molecule has 4 rings (SSSR count). The summed E-state index contributed by atoms with van der Waals surface area (Å²) < 4.78 is 12.3. The first-order valence-corrected chi connectivity index (χ1v) is 9.32. The average Bonchev–Trinajstić information content (AvgIpc) is 3.08. The minimum atomic E-state index is -1.43. The molecule has 2 aliphatic rings. The molecule has 1 amide bonds. The van der Waals surface area contributed by atoms with E-state index in [4.69, 9.17) is 9.47 Å². The highest BCUT2D eigenvalue weighted by molar-refractivity contribution is 6.11. The highest BCUT2D eigenvalue weighted by Crippen LogP contribution is 2.62. The van der Waals surface area contributed by atoms with Crippen LogP contribution in [-0.2, 0) is 15.9 Å². The van der Waals surface area contributed by atoms with E-state index in [1.807, 2.05) is 24.3 Å². The minimum Gasteiger partial charge on any atom is -0.465 e. The summed E-state index contributed by atoms with van der Waals surface area (Å²) in [6, 6.07) is 12.1. The number of carbonyl (C=O) groups excluding carboxylic acids is 1. The Balaban J connectivity index is 2.04. The van der Waals surface area contributed by atoms with Gasteiger partial charge in [-0.1, -0.05) is 50.2 Å². The second-order valence-corrected chi connectivity index (χ2v) is 7.69. The van der Waals surface area contributed by atoms with Crippen molar-refractivity contribution in [1.82, 2.24) is 5.32 Å². The standard InChI is InChI=1S/C22H23NO5/c1-12(2)14-9-10-17-18(11-14)28-22(27-4)16-8-6-5-7-15(16)19(24)21(17,22)13(3)23-20(25)26/h5-13,23H,1-4H3,(H,25,26). The van der Waals surface area contributed by atoms with Crippen LogP contribution < -0.4 is 10.1 Å². The van der Waals surface area contributed by atoms with Crippen LogP contribution in [0.25, 0.3) is 0 Å². The van der Waals surface area contributed by atoms with Gasteiger partial charge in [-0.25, -0.2) is 4.79 Å².